The van der Waals surface area contributed by atoms with E-state index in [2.05, 4.69) is 14.8 Å². The average Bonchev–Trinajstić information content (AvgIpc) is 2.76. The van der Waals surface area contributed by atoms with Crippen molar-refractivity contribution in [2.45, 2.75) is 13.0 Å². The third-order valence-electron chi connectivity index (χ3n) is 4.72. The number of benzene rings is 2. The van der Waals surface area contributed by atoms with Crippen LogP contribution in [0.15, 0.2) is 36.4 Å². The lowest BCUT2D eigenvalue weighted by atomic mass is 10.1. The zero-order valence-electron chi connectivity index (χ0n) is 17.9. The van der Waals surface area contributed by atoms with Gasteiger partial charge in [0.2, 0.25) is 10.0 Å². The second-order valence-corrected chi connectivity index (χ2v) is 9.05. The number of carbonyl (C=O) groups is 3. The minimum Gasteiger partial charge on any atom is -0.476 e. The highest BCUT2D eigenvalue weighted by Gasteiger charge is 2.35. The Morgan fingerprint density at radius 3 is 2.16 bits per heavy atom. The molecule has 0 aromatic heterocycles. The van der Waals surface area contributed by atoms with Gasteiger partial charge in [0.25, 0.3) is 5.91 Å². The van der Waals surface area contributed by atoms with E-state index in [0.29, 0.717) is 5.69 Å². The van der Waals surface area contributed by atoms with Crippen LogP contribution in [0.25, 0.3) is 0 Å². The fourth-order valence-electron chi connectivity index (χ4n) is 3.21. The van der Waals surface area contributed by atoms with E-state index in [-0.39, 0.29) is 29.1 Å². The van der Waals surface area contributed by atoms with Crippen LogP contribution >= 0.6 is 0 Å². The van der Waals surface area contributed by atoms with E-state index >= 15 is 0 Å². The molecule has 0 fully saturated rings. The van der Waals surface area contributed by atoms with Crippen LogP contribution in [0.4, 0.5) is 11.4 Å². The van der Waals surface area contributed by atoms with Crippen molar-refractivity contribution in [1.82, 2.24) is 0 Å². The molecule has 1 aliphatic heterocycles. The van der Waals surface area contributed by atoms with Gasteiger partial charge in [-0.05, 0) is 42.8 Å². The number of methoxy groups -OCH3 is 2. The standard InChI is InChI=1S/C21H22N2O8S/c1-12-5-6-17-16(7-12)23(32(4,27)28)11-18(31-17)19(24)22-15-9-13(20(25)29-2)8-14(10-15)21(26)30-3/h5-10,18H,11H2,1-4H3,(H,22,24). The Bertz CT molecular complexity index is 1160. The molecule has 0 saturated heterocycles. The van der Waals surface area contributed by atoms with Crippen molar-refractivity contribution < 1.29 is 37.0 Å². The normalized spacial score (nSPS) is 15.2. The quantitative estimate of drug-likeness (QED) is 0.666. The molecule has 0 bridgehead atoms. The van der Waals surface area contributed by atoms with Crippen LogP contribution in [-0.4, -0.2) is 59.4 Å². The number of amides is 1. The van der Waals surface area contributed by atoms with Gasteiger partial charge in [-0.3, -0.25) is 9.10 Å². The molecule has 0 radical (unpaired) electrons. The van der Waals surface area contributed by atoms with Crippen LogP contribution in [0.2, 0.25) is 0 Å². The summed E-state index contributed by atoms with van der Waals surface area (Å²) in [5, 5.41) is 2.56. The minimum atomic E-state index is -3.69. The summed E-state index contributed by atoms with van der Waals surface area (Å²) in [6.45, 7) is 1.56. The zero-order chi connectivity index (χ0) is 23.6. The van der Waals surface area contributed by atoms with Crippen LogP contribution in [0.1, 0.15) is 26.3 Å². The molecule has 0 spiro atoms. The first-order valence-electron chi connectivity index (χ1n) is 9.41. The Hall–Kier alpha value is -3.60. The molecule has 0 aliphatic carbocycles. The van der Waals surface area contributed by atoms with Crippen molar-refractivity contribution in [1.29, 1.82) is 0 Å². The van der Waals surface area contributed by atoms with E-state index in [1.807, 2.05) is 6.92 Å². The van der Waals surface area contributed by atoms with Crippen molar-refractivity contribution in [3.8, 4) is 5.75 Å². The maximum absolute atomic E-state index is 12.9. The van der Waals surface area contributed by atoms with Gasteiger partial charge in [-0.1, -0.05) is 6.07 Å². The van der Waals surface area contributed by atoms with E-state index in [9.17, 15) is 22.8 Å². The lowest BCUT2D eigenvalue weighted by Crippen LogP contribution is -2.48. The molecule has 3 rings (SSSR count). The highest BCUT2D eigenvalue weighted by Crippen LogP contribution is 2.36. The third-order valence-corrected chi connectivity index (χ3v) is 5.87. The maximum Gasteiger partial charge on any atom is 0.337 e. The largest absolute Gasteiger partial charge is 0.476 e. The first kappa shape index (κ1) is 23.1. The van der Waals surface area contributed by atoms with Crippen LogP contribution in [0.5, 0.6) is 5.75 Å². The fourth-order valence-corrected chi connectivity index (χ4v) is 4.11. The average molecular weight is 462 g/mol. The molecule has 1 N–H and O–H groups in total. The summed E-state index contributed by atoms with van der Waals surface area (Å²) in [7, 11) is -1.33. The van der Waals surface area contributed by atoms with Crippen LogP contribution in [0.3, 0.4) is 0 Å². The van der Waals surface area contributed by atoms with Crippen molar-refractivity contribution in [2.75, 3.05) is 36.6 Å². The number of anilines is 2. The number of sulfonamides is 1. The van der Waals surface area contributed by atoms with Crippen molar-refractivity contribution in [2.24, 2.45) is 0 Å². The third kappa shape index (κ3) is 4.83. The Kier molecular flexibility index (Phi) is 6.40. The summed E-state index contributed by atoms with van der Waals surface area (Å²) in [5.41, 5.74) is 1.33. The van der Waals surface area contributed by atoms with E-state index in [0.717, 1.165) is 16.1 Å². The molecule has 170 valence electrons. The Morgan fingerprint density at radius 1 is 1.03 bits per heavy atom. The van der Waals surface area contributed by atoms with Crippen LogP contribution < -0.4 is 14.4 Å². The second kappa shape index (κ2) is 8.87. The van der Waals surface area contributed by atoms with E-state index in [1.165, 1.54) is 32.4 Å². The number of rotatable bonds is 5. The van der Waals surface area contributed by atoms with Gasteiger partial charge in [-0.25, -0.2) is 18.0 Å². The van der Waals surface area contributed by atoms with Gasteiger partial charge in [0.15, 0.2) is 6.10 Å². The van der Waals surface area contributed by atoms with Gasteiger partial charge in [0.05, 0.1) is 43.8 Å². The number of nitrogens with zero attached hydrogens (tertiary/aromatic N) is 1. The number of aryl methyl sites for hydroxylation is 1. The van der Waals surface area contributed by atoms with Gasteiger partial charge in [0, 0.05) is 5.69 Å². The molecular weight excluding hydrogens is 440 g/mol. The summed E-state index contributed by atoms with van der Waals surface area (Å²) in [5.74, 6) is -1.85. The first-order chi connectivity index (χ1) is 15.0. The number of carbonyl (C=O) groups excluding carboxylic acids is 3. The second-order valence-electron chi connectivity index (χ2n) is 7.14. The highest BCUT2D eigenvalue weighted by molar-refractivity contribution is 7.92. The lowest BCUT2D eigenvalue weighted by Gasteiger charge is -2.34. The summed E-state index contributed by atoms with van der Waals surface area (Å²) >= 11 is 0. The van der Waals surface area contributed by atoms with E-state index in [1.54, 1.807) is 18.2 Å². The summed E-state index contributed by atoms with van der Waals surface area (Å²) in [6.07, 6.45) is -0.134. The highest BCUT2D eigenvalue weighted by atomic mass is 32.2. The van der Waals surface area contributed by atoms with Gasteiger partial charge < -0.3 is 19.5 Å². The topological polar surface area (TPSA) is 128 Å². The van der Waals surface area contributed by atoms with Crippen molar-refractivity contribution in [3.63, 3.8) is 0 Å². The lowest BCUT2D eigenvalue weighted by molar-refractivity contribution is -0.122. The molecule has 32 heavy (non-hydrogen) atoms. The molecular formula is C21H22N2O8S. The van der Waals surface area contributed by atoms with Gasteiger partial charge in [-0.15, -0.1) is 0 Å². The maximum atomic E-state index is 12.9. The van der Waals surface area contributed by atoms with Gasteiger partial charge in [0.1, 0.15) is 5.75 Å². The van der Waals surface area contributed by atoms with E-state index in [4.69, 9.17) is 4.74 Å². The van der Waals surface area contributed by atoms with Gasteiger partial charge >= 0.3 is 11.9 Å². The molecule has 2 aromatic rings. The number of fused-ring (bicyclic) bond motifs is 1. The smallest absolute Gasteiger partial charge is 0.337 e. The zero-order valence-corrected chi connectivity index (χ0v) is 18.7. The molecule has 1 aliphatic rings. The predicted octanol–water partition coefficient (Wildman–Crippen LogP) is 1.73. The SMILES string of the molecule is COC(=O)c1cc(NC(=O)C2CN(S(C)(=O)=O)c3cc(C)ccc3O2)cc(C(=O)OC)c1. The Morgan fingerprint density at radius 2 is 1.62 bits per heavy atom. The molecule has 1 unspecified atom stereocenters. The molecule has 1 amide bonds. The van der Waals surface area contributed by atoms with Crippen LogP contribution in [0, 0.1) is 6.92 Å². The number of hydrogen-bond donors (Lipinski definition) is 1. The molecule has 10 nitrogen and oxygen atoms in total. The summed E-state index contributed by atoms with van der Waals surface area (Å²) < 4.78 is 40.9. The number of hydrogen-bond acceptors (Lipinski definition) is 8. The molecule has 1 atom stereocenters. The summed E-state index contributed by atoms with van der Waals surface area (Å²) in [6, 6.07) is 8.91. The predicted molar refractivity (Wildman–Crippen MR) is 116 cm³/mol. The Balaban J connectivity index is 1.92. The number of ether oxygens (including phenoxy) is 3. The van der Waals surface area contributed by atoms with Crippen LogP contribution in [-0.2, 0) is 24.3 Å². The molecule has 0 saturated carbocycles. The number of esters is 2. The molecule has 2 aromatic carbocycles. The van der Waals surface area contributed by atoms with Crippen molar-refractivity contribution in [3.05, 3.63) is 53.1 Å². The molecule has 11 heteroatoms. The fraction of sp³-hybridized carbons (Fsp3) is 0.286. The Labute approximate surface area is 185 Å². The molecule has 1 heterocycles. The number of nitrogens with one attached hydrogen (secondary N) is 1. The minimum absolute atomic E-state index is 0.0221. The van der Waals surface area contributed by atoms with E-state index < -0.39 is 34.0 Å². The van der Waals surface area contributed by atoms with Gasteiger partial charge in [-0.2, -0.15) is 0 Å². The first-order valence-corrected chi connectivity index (χ1v) is 11.3. The van der Waals surface area contributed by atoms with Crippen molar-refractivity contribution >= 4 is 39.2 Å². The summed E-state index contributed by atoms with van der Waals surface area (Å²) in [4.78, 5) is 36.8. The monoisotopic (exact) mass is 462 g/mol.